The zero-order valence-electron chi connectivity index (χ0n) is 11.0. The molecule has 1 amide bonds. The summed E-state index contributed by atoms with van der Waals surface area (Å²) in [5.74, 6) is 0.427. The van der Waals surface area contributed by atoms with Gasteiger partial charge < -0.3 is 5.32 Å². The molecule has 0 bridgehead atoms. The molecule has 1 aromatic carbocycles. The Kier molecular flexibility index (Phi) is 6.36. The van der Waals surface area contributed by atoms with Crippen LogP contribution in [0.4, 0.5) is 0 Å². The first-order valence-electron chi connectivity index (χ1n) is 6.08. The van der Waals surface area contributed by atoms with Crippen LogP contribution in [-0.4, -0.2) is 17.3 Å². The average molecular weight is 377 g/mol. The van der Waals surface area contributed by atoms with Crippen LogP contribution in [0.3, 0.4) is 0 Å². The van der Waals surface area contributed by atoms with Crippen molar-refractivity contribution in [3.63, 3.8) is 0 Å². The lowest BCUT2D eigenvalue weighted by atomic mass is 10.0. The molecule has 0 aromatic heterocycles. The summed E-state index contributed by atoms with van der Waals surface area (Å²) in [4.78, 5) is 12.2. The third kappa shape index (κ3) is 4.39. The summed E-state index contributed by atoms with van der Waals surface area (Å²) >= 11 is 6.88. The number of nitrogens with one attached hydrogen (secondary N) is 1. The summed E-state index contributed by atoms with van der Waals surface area (Å²) < 4.78 is 0.969. The summed E-state index contributed by atoms with van der Waals surface area (Å²) in [7, 11) is 0. The molecule has 1 aromatic rings. The van der Waals surface area contributed by atoms with Crippen LogP contribution >= 0.6 is 31.9 Å². The van der Waals surface area contributed by atoms with Crippen molar-refractivity contribution >= 4 is 37.8 Å². The standard InChI is InChI=1S/C14H19Br2NO/c1-9(2)13(6-7-15)17-14(18)11-5-4-10(3)12(16)8-11/h4-5,8-9,13H,6-7H2,1-3H3,(H,17,18). The number of alkyl halides is 1. The maximum atomic E-state index is 12.2. The van der Waals surface area contributed by atoms with Gasteiger partial charge in [-0.1, -0.05) is 51.8 Å². The van der Waals surface area contributed by atoms with Gasteiger partial charge in [0.25, 0.3) is 5.91 Å². The van der Waals surface area contributed by atoms with Crippen LogP contribution < -0.4 is 5.32 Å². The van der Waals surface area contributed by atoms with Gasteiger partial charge in [-0.25, -0.2) is 0 Å². The molecular formula is C14H19Br2NO. The quantitative estimate of drug-likeness (QED) is 0.762. The Balaban J connectivity index is 2.77. The summed E-state index contributed by atoms with van der Waals surface area (Å²) in [5, 5.41) is 3.99. The van der Waals surface area contributed by atoms with E-state index in [-0.39, 0.29) is 11.9 Å². The van der Waals surface area contributed by atoms with Gasteiger partial charge in [-0.2, -0.15) is 0 Å². The number of rotatable bonds is 5. The molecule has 1 atom stereocenters. The maximum absolute atomic E-state index is 12.2. The van der Waals surface area contributed by atoms with Gasteiger partial charge in [-0.15, -0.1) is 0 Å². The number of hydrogen-bond donors (Lipinski definition) is 1. The van der Waals surface area contributed by atoms with Gasteiger partial charge in [0.15, 0.2) is 0 Å². The van der Waals surface area contributed by atoms with E-state index in [0.717, 1.165) is 21.8 Å². The predicted molar refractivity (Wildman–Crippen MR) is 83.4 cm³/mol. The molecule has 100 valence electrons. The van der Waals surface area contributed by atoms with Crippen molar-refractivity contribution in [2.75, 3.05) is 5.33 Å². The second kappa shape index (κ2) is 7.29. The highest BCUT2D eigenvalue weighted by Crippen LogP contribution is 2.18. The lowest BCUT2D eigenvalue weighted by Gasteiger charge is -2.21. The van der Waals surface area contributed by atoms with Crippen LogP contribution in [0, 0.1) is 12.8 Å². The van der Waals surface area contributed by atoms with E-state index in [2.05, 4.69) is 51.0 Å². The summed E-state index contributed by atoms with van der Waals surface area (Å²) in [6.07, 6.45) is 0.941. The van der Waals surface area contributed by atoms with Crippen LogP contribution in [0.5, 0.6) is 0 Å². The minimum Gasteiger partial charge on any atom is -0.349 e. The maximum Gasteiger partial charge on any atom is 0.251 e. The van der Waals surface area contributed by atoms with Crippen molar-refractivity contribution < 1.29 is 4.79 Å². The van der Waals surface area contributed by atoms with E-state index in [1.807, 2.05) is 25.1 Å². The monoisotopic (exact) mass is 375 g/mol. The molecule has 18 heavy (non-hydrogen) atoms. The van der Waals surface area contributed by atoms with E-state index in [1.54, 1.807) is 0 Å². The molecule has 0 aliphatic rings. The van der Waals surface area contributed by atoms with E-state index in [4.69, 9.17) is 0 Å². The molecule has 0 spiro atoms. The molecule has 1 unspecified atom stereocenters. The Morgan fingerprint density at radius 1 is 1.39 bits per heavy atom. The van der Waals surface area contributed by atoms with Gasteiger partial charge in [0.1, 0.15) is 0 Å². The van der Waals surface area contributed by atoms with Crippen molar-refractivity contribution in [1.29, 1.82) is 0 Å². The lowest BCUT2D eigenvalue weighted by molar-refractivity contribution is 0.0925. The Labute approximate surface area is 126 Å². The molecule has 1 N–H and O–H groups in total. The smallest absolute Gasteiger partial charge is 0.251 e. The van der Waals surface area contributed by atoms with Crippen molar-refractivity contribution in [3.8, 4) is 0 Å². The molecule has 0 aliphatic carbocycles. The van der Waals surface area contributed by atoms with Crippen molar-refractivity contribution in [1.82, 2.24) is 5.32 Å². The van der Waals surface area contributed by atoms with Gasteiger partial charge in [-0.3, -0.25) is 4.79 Å². The van der Waals surface area contributed by atoms with Crippen LogP contribution in [0.1, 0.15) is 36.2 Å². The predicted octanol–water partition coefficient (Wildman–Crippen LogP) is 4.30. The molecule has 0 heterocycles. The fourth-order valence-corrected chi connectivity index (χ4v) is 2.55. The first-order chi connectivity index (χ1) is 8.45. The van der Waals surface area contributed by atoms with E-state index < -0.39 is 0 Å². The molecule has 0 saturated carbocycles. The Bertz CT molecular complexity index is 418. The van der Waals surface area contributed by atoms with Crippen molar-refractivity contribution in [2.45, 2.75) is 33.2 Å². The number of carbonyl (C=O) groups is 1. The first kappa shape index (κ1) is 15.7. The topological polar surface area (TPSA) is 29.1 Å². The van der Waals surface area contributed by atoms with E-state index >= 15 is 0 Å². The molecule has 0 fully saturated rings. The number of benzene rings is 1. The third-order valence-corrected chi connectivity index (χ3v) is 4.29. The lowest BCUT2D eigenvalue weighted by Crippen LogP contribution is -2.38. The summed E-state index contributed by atoms with van der Waals surface area (Å²) in [6, 6.07) is 5.89. The molecule has 2 nitrogen and oxygen atoms in total. The first-order valence-corrected chi connectivity index (χ1v) is 8.00. The van der Waals surface area contributed by atoms with E-state index in [0.29, 0.717) is 11.5 Å². The average Bonchev–Trinajstić information content (AvgIpc) is 2.31. The molecule has 0 saturated heterocycles. The van der Waals surface area contributed by atoms with Gasteiger partial charge in [0.2, 0.25) is 0 Å². The van der Waals surface area contributed by atoms with E-state index in [9.17, 15) is 4.79 Å². The van der Waals surface area contributed by atoms with Crippen LogP contribution in [-0.2, 0) is 0 Å². The van der Waals surface area contributed by atoms with Crippen LogP contribution in [0.2, 0.25) is 0 Å². The second-order valence-electron chi connectivity index (χ2n) is 4.77. The molecule has 4 heteroatoms. The van der Waals surface area contributed by atoms with Gasteiger partial charge in [0, 0.05) is 21.4 Å². The fourth-order valence-electron chi connectivity index (χ4n) is 1.68. The largest absolute Gasteiger partial charge is 0.349 e. The normalized spacial score (nSPS) is 12.6. The van der Waals surface area contributed by atoms with Crippen molar-refractivity contribution in [3.05, 3.63) is 33.8 Å². The zero-order chi connectivity index (χ0) is 13.7. The second-order valence-corrected chi connectivity index (χ2v) is 6.41. The minimum atomic E-state index is -0.00431. The number of halogens is 2. The highest BCUT2D eigenvalue weighted by molar-refractivity contribution is 9.10. The summed E-state index contributed by atoms with van der Waals surface area (Å²) in [6.45, 7) is 6.25. The molecule has 0 aliphatic heterocycles. The van der Waals surface area contributed by atoms with Gasteiger partial charge in [0.05, 0.1) is 0 Å². The Morgan fingerprint density at radius 3 is 2.56 bits per heavy atom. The highest BCUT2D eigenvalue weighted by atomic mass is 79.9. The Morgan fingerprint density at radius 2 is 2.06 bits per heavy atom. The van der Waals surface area contributed by atoms with Gasteiger partial charge >= 0.3 is 0 Å². The number of amides is 1. The number of carbonyl (C=O) groups excluding carboxylic acids is 1. The number of aryl methyl sites for hydroxylation is 1. The SMILES string of the molecule is Cc1ccc(C(=O)NC(CCBr)C(C)C)cc1Br. The zero-order valence-corrected chi connectivity index (χ0v) is 14.1. The fraction of sp³-hybridized carbons (Fsp3) is 0.500. The summed E-state index contributed by atoms with van der Waals surface area (Å²) in [5.41, 5.74) is 1.83. The van der Waals surface area contributed by atoms with Gasteiger partial charge in [-0.05, 0) is 37.0 Å². The van der Waals surface area contributed by atoms with Crippen molar-refractivity contribution in [2.24, 2.45) is 5.92 Å². The van der Waals surface area contributed by atoms with Crippen LogP contribution in [0.25, 0.3) is 0 Å². The molecular weight excluding hydrogens is 358 g/mol. The number of hydrogen-bond acceptors (Lipinski definition) is 1. The van der Waals surface area contributed by atoms with Crippen LogP contribution in [0.15, 0.2) is 22.7 Å². The highest BCUT2D eigenvalue weighted by Gasteiger charge is 2.16. The Hall–Kier alpha value is -0.350. The minimum absolute atomic E-state index is 0.00431. The molecule has 0 radical (unpaired) electrons. The third-order valence-electron chi connectivity index (χ3n) is 2.98. The molecule has 1 rings (SSSR count). The van der Waals surface area contributed by atoms with E-state index in [1.165, 1.54) is 0 Å².